The molecule has 3 aromatic rings. The van der Waals surface area contributed by atoms with Crippen LogP contribution in [0.4, 0.5) is 5.69 Å². The van der Waals surface area contributed by atoms with Crippen molar-refractivity contribution in [3.8, 4) is 0 Å². The average molecular weight is 337 g/mol. The molecule has 122 valence electrons. The van der Waals surface area contributed by atoms with Crippen LogP contribution in [0.3, 0.4) is 0 Å². The maximum absolute atomic E-state index is 12.1. The zero-order valence-corrected chi connectivity index (χ0v) is 14.7. The fraction of sp³-hybridized carbons (Fsp3) is 0.211. The number of pyridine rings is 1. The maximum Gasteiger partial charge on any atom is 0.248 e. The fourth-order valence-corrected chi connectivity index (χ4v) is 2.95. The molecule has 0 aliphatic heterocycles. The van der Waals surface area contributed by atoms with Gasteiger partial charge in [0.2, 0.25) is 5.91 Å². The Morgan fingerprint density at radius 1 is 1.17 bits per heavy atom. The molecule has 24 heavy (non-hydrogen) atoms. The Morgan fingerprint density at radius 3 is 2.71 bits per heavy atom. The summed E-state index contributed by atoms with van der Waals surface area (Å²) < 4.78 is 1.05. The van der Waals surface area contributed by atoms with Crippen molar-refractivity contribution in [2.75, 3.05) is 5.32 Å². The smallest absolute Gasteiger partial charge is 0.248 e. The molecule has 0 aliphatic rings. The zero-order chi connectivity index (χ0) is 17.2. The van der Waals surface area contributed by atoms with Gasteiger partial charge in [-0.25, -0.2) is 4.98 Å². The summed E-state index contributed by atoms with van der Waals surface area (Å²) in [7, 11) is 0. The molecule has 0 spiro atoms. The van der Waals surface area contributed by atoms with Gasteiger partial charge in [0, 0.05) is 29.1 Å². The van der Waals surface area contributed by atoms with Crippen LogP contribution in [0.5, 0.6) is 0 Å². The molecular formula is C19H19N3OS. The average Bonchev–Trinajstić information content (AvgIpc) is 3.00. The number of benzene rings is 1. The van der Waals surface area contributed by atoms with Gasteiger partial charge in [-0.2, -0.15) is 0 Å². The molecule has 0 unspecified atom stereocenters. The van der Waals surface area contributed by atoms with Gasteiger partial charge in [-0.15, -0.1) is 11.3 Å². The number of fused-ring (bicyclic) bond motifs is 1. The molecule has 1 aromatic carbocycles. The van der Waals surface area contributed by atoms with Crippen molar-refractivity contribution in [2.45, 2.75) is 26.2 Å². The highest BCUT2D eigenvalue weighted by Crippen LogP contribution is 2.22. The molecule has 4 nitrogen and oxygen atoms in total. The molecule has 2 heterocycles. The highest BCUT2D eigenvalue weighted by molar-refractivity contribution is 7.16. The lowest BCUT2D eigenvalue weighted by molar-refractivity contribution is -0.111. The van der Waals surface area contributed by atoms with Crippen LogP contribution in [-0.2, 0) is 10.2 Å². The van der Waals surface area contributed by atoms with E-state index >= 15 is 0 Å². The lowest BCUT2D eigenvalue weighted by Gasteiger charge is -2.17. The van der Waals surface area contributed by atoms with Crippen LogP contribution >= 0.6 is 11.3 Å². The minimum Gasteiger partial charge on any atom is -0.322 e. The van der Waals surface area contributed by atoms with E-state index in [2.05, 4.69) is 36.1 Å². The Labute approximate surface area is 145 Å². The zero-order valence-electron chi connectivity index (χ0n) is 13.9. The highest BCUT2D eigenvalue weighted by Gasteiger charge is 2.14. The first-order chi connectivity index (χ1) is 11.4. The van der Waals surface area contributed by atoms with Gasteiger partial charge in [0.15, 0.2) is 0 Å². The molecule has 0 aliphatic carbocycles. The first kappa shape index (κ1) is 16.3. The van der Waals surface area contributed by atoms with Gasteiger partial charge in [-0.1, -0.05) is 26.8 Å². The molecule has 0 radical (unpaired) electrons. The van der Waals surface area contributed by atoms with Crippen molar-refractivity contribution >= 4 is 39.2 Å². The van der Waals surface area contributed by atoms with Crippen molar-refractivity contribution in [1.29, 1.82) is 0 Å². The van der Waals surface area contributed by atoms with Crippen LogP contribution in [0.1, 0.15) is 32.0 Å². The molecule has 0 bridgehead atoms. The standard InChI is InChI=1S/C19H19N3OS/c1-19(2,3)17-8-4-13(11-20-17)5-9-18(23)22-14-6-7-15-16(10-14)24-12-21-15/h4-12H,1-3H3,(H,22,23). The first-order valence-electron chi connectivity index (χ1n) is 7.71. The van der Waals surface area contributed by atoms with E-state index in [4.69, 9.17) is 0 Å². The second-order valence-electron chi connectivity index (χ2n) is 6.58. The summed E-state index contributed by atoms with van der Waals surface area (Å²) in [5.41, 5.74) is 5.46. The summed E-state index contributed by atoms with van der Waals surface area (Å²) in [6, 6.07) is 9.65. The molecule has 0 saturated heterocycles. The van der Waals surface area contributed by atoms with Crippen LogP contribution in [0.25, 0.3) is 16.3 Å². The quantitative estimate of drug-likeness (QED) is 0.708. The van der Waals surface area contributed by atoms with Crippen molar-refractivity contribution in [3.63, 3.8) is 0 Å². The second kappa shape index (κ2) is 6.53. The molecule has 2 aromatic heterocycles. The molecule has 0 fully saturated rings. The number of hydrogen-bond acceptors (Lipinski definition) is 4. The Hall–Kier alpha value is -2.53. The van der Waals surface area contributed by atoms with Crippen LogP contribution in [-0.4, -0.2) is 15.9 Å². The predicted octanol–water partition coefficient (Wildman–Crippen LogP) is 4.64. The summed E-state index contributed by atoms with van der Waals surface area (Å²) in [5.74, 6) is -0.168. The van der Waals surface area contributed by atoms with E-state index in [0.717, 1.165) is 27.2 Å². The third kappa shape index (κ3) is 3.86. The Balaban J connectivity index is 1.66. The van der Waals surface area contributed by atoms with Crippen LogP contribution in [0, 0.1) is 0 Å². The third-order valence-corrected chi connectivity index (χ3v) is 4.37. The number of hydrogen-bond donors (Lipinski definition) is 1. The summed E-state index contributed by atoms with van der Waals surface area (Å²) in [6.07, 6.45) is 5.07. The van der Waals surface area contributed by atoms with Crippen LogP contribution < -0.4 is 5.32 Å². The molecule has 0 saturated carbocycles. The fourth-order valence-electron chi connectivity index (χ4n) is 2.24. The molecule has 3 rings (SSSR count). The number of amides is 1. The summed E-state index contributed by atoms with van der Waals surface area (Å²) >= 11 is 1.55. The highest BCUT2D eigenvalue weighted by atomic mass is 32.1. The van der Waals surface area contributed by atoms with Crippen molar-refractivity contribution in [3.05, 3.63) is 59.4 Å². The van der Waals surface area contributed by atoms with E-state index in [1.807, 2.05) is 30.3 Å². The number of thiazole rings is 1. The Morgan fingerprint density at radius 2 is 2.00 bits per heavy atom. The second-order valence-corrected chi connectivity index (χ2v) is 7.47. The normalized spacial score (nSPS) is 12.0. The van der Waals surface area contributed by atoms with Crippen molar-refractivity contribution < 1.29 is 4.79 Å². The van der Waals surface area contributed by atoms with Crippen molar-refractivity contribution in [1.82, 2.24) is 9.97 Å². The summed E-state index contributed by atoms with van der Waals surface area (Å²) in [5, 5.41) is 2.86. The number of carbonyl (C=O) groups is 1. The van der Waals surface area contributed by atoms with E-state index in [1.165, 1.54) is 6.08 Å². The summed E-state index contributed by atoms with van der Waals surface area (Å²) in [6.45, 7) is 6.37. The van der Waals surface area contributed by atoms with Gasteiger partial charge in [0.1, 0.15) is 0 Å². The number of nitrogens with zero attached hydrogens (tertiary/aromatic N) is 2. The number of aromatic nitrogens is 2. The van der Waals surface area contributed by atoms with E-state index in [9.17, 15) is 4.79 Å². The Bertz CT molecular complexity index is 889. The molecule has 1 N–H and O–H groups in total. The Kier molecular flexibility index (Phi) is 4.44. The predicted molar refractivity (Wildman–Crippen MR) is 100 cm³/mol. The van der Waals surface area contributed by atoms with E-state index in [-0.39, 0.29) is 11.3 Å². The SMILES string of the molecule is CC(C)(C)c1ccc(C=CC(=O)Nc2ccc3ncsc3c2)cn1. The van der Waals surface area contributed by atoms with Gasteiger partial charge in [-0.3, -0.25) is 9.78 Å². The minimum atomic E-state index is -0.168. The molecule has 5 heteroatoms. The van der Waals surface area contributed by atoms with E-state index < -0.39 is 0 Å². The van der Waals surface area contributed by atoms with Gasteiger partial charge in [-0.05, 0) is 35.9 Å². The van der Waals surface area contributed by atoms with Gasteiger partial charge < -0.3 is 5.32 Å². The van der Waals surface area contributed by atoms with Gasteiger partial charge in [0.05, 0.1) is 15.7 Å². The third-order valence-electron chi connectivity index (χ3n) is 3.58. The number of rotatable bonds is 3. The molecule has 1 amide bonds. The lowest BCUT2D eigenvalue weighted by Crippen LogP contribution is -2.13. The minimum absolute atomic E-state index is 0.0227. The van der Waals surface area contributed by atoms with Crippen LogP contribution in [0.15, 0.2) is 48.1 Å². The monoisotopic (exact) mass is 337 g/mol. The first-order valence-corrected chi connectivity index (χ1v) is 8.59. The number of carbonyl (C=O) groups excluding carboxylic acids is 1. The topological polar surface area (TPSA) is 54.9 Å². The number of anilines is 1. The van der Waals surface area contributed by atoms with Crippen LogP contribution in [0.2, 0.25) is 0 Å². The molecule has 0 atom stereocenters. The van der Waals surface area contributed by atoms with Gasteiger partial charge in [0.25, 0.3) is 0 Å². The molecular weight excluding hydrogens is 318 g/mol. The maximum atomic E-state index is 12.1. The summed E-state index contributed by atoms with van der Waals surface area (Å²) in [4.78, 5) is 20.7. The van der Waals surface area contributed by atoms with E-state index in [1.54, 1.807) is 29.1 Å². The largest absolute Gasteiger partial charge is 0.322 e. The lowest BCUT2D eigenvalue weighted by atomic mass is 9.91. The van der Waals surface area contributed by atoms with Gasteiger partial charge >= 0.3 is 0 Å². The van der Waals surface area contributed by atoms with E-state index in [0.29, 0.717) is 0 Å². The van der Waals surface area contributed by atoms with Crippen molar-refractivity contribution in [2.24, 2.45) is 0 Å². The number of nitrogens with one attached hydrogen (secondary N) is 1.